The van der Waals surface area contributed by atoms with Crippen molar-refractivity contribution in [2.75, 3.05) is 39.5 Å². The fourth-order valence-electron chi connectivity index (χ4n) is 1.01. The number of hydrogen-bond acceptors (Lipinski definition) is 4. The van der Waals surface area contributed by atoms with Crippen LogP contribution in [0.3, 0.4) is 0 Å². The van der Waals surface area contributed by atoms with Crippen molar-refractivity contribution in [1.82, 2.24) is 5.32 Å². The van der Waals surface area contributed by atoms with Gasteiger partial charge in [0.25, 0.3) is 0 Å². The van der Waals surface area contributed by atoms with Crippen molar-refractivity contribution < 1.29 is 14.6 Å². The van der Waals surface area contributed by atoms with Gasteiger partial charge in [0.1, 0.15) is 0 Å². The molecular weight excluding hydrogens is 194 g/mol. The zero-order valence-corrected chi connectivity index (χ0v) is 9.58. The Bertz CT molecular complexity index is 142. The second-order valence-electron chi connectivity index (χ2n) is 3.21. The lowest BCUT2D eigenvalue weighted by Gasteiger charge is -2.11. The van der Waals surface area contributed by atoms with Crippen LogP contribution < -0.4 is 5.32 Å². The van der Waals surface area contributed by atoms with E-state index in [4.69, 9.17) is 9.47 Å². The van der Waals surface area contributed by atoms with Crippen molar-refractivity contribution in [2.45, 2.75) is 19.4 Å². The lowest BCUT2D eigenvalue weighted by molar-refractivity contribution is 0.00661. The van der Waals surface area contributed by atoms with Crippen LogP contribution in [-0.4, -0.2) is 50.7 Å². The standard InChI is InChI=1S/C11H23NO3/c1-3-5-6-12-9-11(13)10-15-8-7-14-4-2/h3,11-13H,1,4-10H2,2H3. The second kappa shape index (κ2) is 11.7. The van der Waals surface area contributed by atoms with Crippen molar-refractivity contribution in [1.29, 1.82) is 0 Å². The molecule has 0 aliphatic rings. The largest absolute Gasteiger partial charge is 0.389 e. The van der Waals surface area contributed by atoms with E-state index in [1.54, 1.807) is 0 Å². The first kappa shape index (κ1) is 14.6. The summed E-state index contributed by atoms with van der Waals surface area (Å²) in [6, 6.07) is 0. The molecule has 0 rings (SSSR count). The van der Waals surface area contributed by atoms with E-state index >= 15 is 0 Å². The molecule has 1 atom stereocenters. The summed E-state index contributed by atoms with van der Waals surface area (Å²) in [5.41, 5.74) is 0. The van der Waals surface area contributed by atoms with Crippen LogP contribution in [0.2, 0.25) is 0 Å². The van der Waals surface area contributed by atoms with Crippen LogP contribution in [0.15, 0.2) is 12.7 Å². The second-order valence-corrected chi connectivity index (χ2v) is 3.21. The van der Waals surface area contributed by atoms with E-state index in [-0.39, 0.29) is 0 Å². The van der Waals surface area contributed by atoms with Crippen molar-refractivity contribution in [3.05, 3.63) is 12.7 Å². The van der Waals surface area contributed by atoms with E-state index in [1.807, 2.05) is 13.0 Å². The third-order valence-electron chi connectivity index (χ3n) is 1.79. The summed E-state index contributed by atoms with van der Waals surface area (Å²) >= 11 is 0. The summed E-state index contributed by atoms with van der Waals surface area (Å²) in [5, 5.41) is 12.6. The molecule has 0 aliphatic carbocycles. The van der Waals surface area contributed by atoms with Gasteiger partial charge >= 0.3 is 0 Å². The average molecular weight is 217 g/mol. The van der Waals surface area contributed by atoms with Gasteiger partial charge in [0.15, 0.2) is 0 Å². The molecule has 0 aliphatic heterocycles. The number of rotatable bonds is 11. The van der Waals surface area contributed by atoms with Crippen molar-refractivity contribution in [3.8, 4) is 0 Å². The van der Waals surface area contributed by atoms with Crippen LogP contribution in [0.5, 0.6) is 0 Å². The van der Waals surface area contributed by atoms with Gasteiger partial charge in [-0.25, -0.2) is 0 Å². The molecule has 0 fully saturated rings. The van der Waals surface area contributed by atoms with Gasteiger partial charge in [-0.1, -0.05) is 6.08 Å². The molecular formula is C11H23NO3. The van der Waals surface area contributed by atoms with Crippen LogP contribution >= 0.6 is 0 Å². The Morgan fingerprint density at radius 2 is 2.13 bits per heavy atom. The van der Waals surface area contributed by atoms with Crippen LogP contribution in [0.1, 0.15) is 13.3 Å². The summed E-state index contributed by atoms with van der Waals surface area (Å²) in [4.78, 5) is 0. The molecule has 4 nitrogen and oxygen atoms in total. The van der Waals surface area contributed by atoms with Crippen LogP contribution in [0, 0.1) is 0 Å². The summed E-state index contributed by atoms with van der Waals surface area (Å²) < 4.78 is 10.3. The van der Waals surface area contributed by atoms with Gasteiger partial charge in [0.05, 0.1) is 25.9 Å². The Morgan fingerprint density at radius 3 is 2.80 bits per heavy atom. The third-order valence-corrected chi connectivity index (χ3v) is 1.79. The molecule has 0 amide bonds. The first-order valence-electron chi connectivity index (χ1n) is 5.46. The van der Waals surface area contributed by atoms with Crippen LogP contribution in [0.4, 0.5) is 0 Å². The first-order valence-corrected chi connectivity index (χ1v) is 5.46. The van der Waals surface area contributed by atoms with Gasteiger partial charge in [-0.3, -0.25) is 0 Å². The van der Waals surface area contributed by atoms with Gasteiger partial charge in [-0.05, 0) is 19.9 Å². The SMILES string of the molecule is C=CCCNCC(O)COCCOCC. The van der Waals surface area contributed by atoms with Crippen molar-refractivity contribution >= 4 is 0 Å². The highest BCUT2D eigenvalue weighted by atomic mass is 16.5. The molecule has 15 heavy (non-hydrogen) atoms. The molecule has 0 aromatic carbocycles. The Hall–Kier alpha value is -0.420. The summed E-state index contributed by atoms with van der Waals surface area (Å²) in [6.45, 7) is 9.15. The van der Waals surface area contributed by atoms with Crippen LogP contribution in [-0.2, 0) is 9.47 Å². The van der Waals surface area contributed by atoms with Crippen molar-refractivity contribution in [2.24, 2.45) is 0 Å². The number of nitrogens with one attached hydrogen (secondary N) is 1. The van der Waals surface area contributed by atoms with Gasteiger partial charge < -0.3 is 19.9 Å². The molecule has 90 valence electrons. The topological polar surface area (TPSA) is 50.7 Å². The minimum atomic E-state index is -0.448. The highest BCUT2D eigenvalue weighted by molar-refractivity contribution is 4.68. The number of hydrogen-bond donors (Lipinski definition) is 2. The van der Waals surface area contributed by atoms with Gasteiger partial charge in [0.2, 0.25) is 0 Å². The first-order chi connectivity index (χ1) is 7.31. The quantitative estimate of drug-likeness (QED) is 0.392. The highest BCUT2D eigenvalue weighted by Crippen LogP contribution is 1.85. The summed E-state index contributed by atoms with van der Waals surface area (Å²) in [5.74, 6) is 0. The van der Waals surface area contributed by atoms with E-state index in [0.717, 1.165) is 13.0 Å². The summed E-state index contributed by atoms with van der Waals surface area (Å²) in [6.07, 6.45) is 2.31. The highest BCUT2D eigenvalue weighted by Gasteiger charge is 2.02. The van der Waals surface area contributed by atoms with E-state index < -0.39 is 6.10 Å². The predicted octanol–water partition coefficient (Wildman–Crippen LogP) is 0.566. The molecule has 0 aromatic heterocycles. The Balaban J connectivity index is 3.11. The van der Waals surface area contributed by atoms with Crippen LogP contribution in [0.25, 0.3) is 0 Å². The average Bonchev–Trinajstić information content (AvgIpc) is 2.24. The molecule has 0 saturated heterocycles. The minimum Gasteiger partial charge on any atom is -0.389 e. The van der Waals surface area contributed by atoms with Crippen molar-refractivity contribution in [3.63, 3.8) is 0 Å². The molecule has 0 saturated carbocycles. The zero-order valence-electron chi connectivity index (χ0n) is 9.58. The monoisotopic (exact) mass is 217 g/mol. The number of ether oxygens (including phenoxy) is 2. The molecule has 4 heteroatoms. The molecule has 2 N–H and O–H groups in total. The smallest absolute Gasteiger partial charge is 0.0897 e. The van der Waals surface area contributed by atoms with E-state index in [9.17, 15) is 5.11 Å². The molecule has 0 aromatic rings. The zero-order chi connectivity index (χ0) is 11.4. The molecule has 0 spiro atoms. The minimum absolute atomic E-state index is 0.355. The van der Waals surface area contributed by atoms with E-state index in [1.165, 1.54) is 0 Å². The maximum atomic E-state index is 9.45. The maximum Gasteiger partial charge on any atom is 0.0897 e. The lowest BCUT2D eigenvalue weighted by Crippen LogP contribution is -2.31. The summed E-state index contributed by atoms with van der Waals surface area (Å²) in [7, 11) is 0. The maximum absolute atomic E-state index is 9.45. The Labute approximate surface area is 92.3 Å². The normalized spacial score (nSPS) is 12.7. The third kappa shape index (κ3) is 11.5. The molecule has 0 heterocycles. The fraction of sp³-hybridized carbons (Fsp3) is 0.818. The lowest BCUT2D eigenvalue weighted by atomic mass is 10.3. The number of aliphatic hydroxyl groups excluding tert-OH is 1. The molecule has 1 unspecified atom stereocenters. The van der Waals surface area contributed by atoms with E-state index in [0.29, 0.717) is 33.0 Å². The Kier molecular flexibility index (Phi) is 11.3. The number of aliphatic hydroxyl groups is 1. The molecule has 0 bridgehead atoms. The molecule has 0 radical (unpaired) electrons. The fourth-order valence-corrected chi connectivity index (χ4v) is 1.01. The predicted molar refractivity (Wildman–Crippen MR) is 61.0 cm³/mol. The Morgan fingerprint density at radius 1 is 1.40 bits per heavy atom. The van der Waals surface area contributed by atoms with Gasteiger partial charge in [-0.2, -0.15) is 0 Å². The van der Waals surface area contributed by atoms with E-state index in [2.05, 4.69) is 11.9 Å². The van der Waals surface area contributed by atoms with Gasteiger partial charge in [-0.15, -0.1) is 6.58 Å². The van der Waals surface area contributed by atoms with Gasteiger partial charge in [0, 0.05) is 13.2 Å².